The van der Waals surface area contributed by atoms with Crippen molar-refractivity contribution in [3.05, 3.63) is 22.8 Å². The molecule has 6 rings (SSSR count). The molecule has 3 nitrogen and oxygen atoms in total. The molecular weight excluding hydrogens is 442 g/mol. The minimum Gasteiger partial charge on any atom is -0.389 e. The van der Waals surface area contributed by atoms with Crippen LogP contribution in [0.25, 0.3) is 0 Å². The monoisotopic (exact) mass is 487 g/mol. The van der Waals surface area contributed by atoms with Crippen molar-refractivity contribution in [2.24, 2.45) is 35.0 Å². The van der Waals surface area contributed by atoms with E-state index in [0.29, 0.717) is 29.4 Å². The van der Waals surface area contributed by atoms with E-state index in [4.69, 9.17) is 16.3 Å². The highest BCUT2D eigenvalue weighted by molar-refractivity contribution is 6.18. The van der Waals surface area contributed by atoms with Crippen molar-refractivity contribution in [2.45, 2.75) is 109 Å². The fourth-order valence-electron chi connectivity index (χ4n) is 10.0. The lowest BCUT2D eigenvalue weighted by Crippen LogP contribution is -2.52. The molecule has 1 N–H and O–H groups in total. The number of aliphatic hydroxyl groups excluding tert-OH is 1. The largest absolute Gasteiger partial charge is 0.389 e. The molecular formula is C30H46ClNO2. The minimum absolute atomic E-state index is 0.0133. The van der Waals surface area contributed by atoms with Crippen LogP contribution in [-0.2, 0) is 4.74 Å². The third-order valence-corrected chi connectivity index (χ3v) is 11.8. The Bertz CT molecular complexity index is 883. The standard InChI is InChI=1S/C30H46ClNO2/c1-18-13-27-28(32(17-18)12-11-31)20(3)30(34-27)10-8-23-24-6-5-21-14-22(33)7-9-29(21,4)26(24)15-25(23)19(2)16-30/h14,18,20,22-24,26-28,33H,5-13,15-17H2,1-4H3. The van der Waals surface area contributed by atoms with Gasteiger partial charge < -0.3 is 9.84 Å². The topological polar surface area (TPSA) is 32.7 Å². The average Bonchev–Trinajstić information content (AvgIpc) is 3.25. The Labute approximate surface area is 212 Å². The fraction of sp³-hybridized carbons (Fsp3) is 0.867. The molecule has 10 atom stereocenters. The maximum absolute atomic E-state index is 10.3. The Balaban J connectivity index is 1.28. The smallest absolute Gasteiger partial charge is 0.0765 e. The Morgan fingerprint density at radius 1 is 1.21 bits per heavy atom. The Kier molecular flexibility index (Phi) is 6.08. The second kappa shape index (κ2) is 8.61. The third-order valence-electron chi connectivity index (χ3n) is 11.6. The maximum atomic E-state index is 10.3. The van der Waals surface area contributed by atoms with Crippen LogP contribution in [0.2, 0.25) is 0 Å². The molecule has 0 bridgehead atoms. The van der Waals surface area contributed by atoms with Crippen LogP contribution in [0.15, 0.2) is 22.8 Å². The van der Waals surface area contributed by atoms with Crippen molar-refractivity contribution in [1.82, 2.24) is 4.90 Å². The quantitative estimate of drug-likeness (QED) is 0.364. The molecule has 0 aromatic heterocycles. The molecule has 2 heterocycles. The summed E-state index contributed by atoms with van der Waals surface area (Å²) in [4.78, 5) is 2.67. The van der Waals surface area contributed by atoms with E-state index >= 15 is 0 Å². The summed E-state index contributed by atoms with van der Waals surface area (Å²) in [6.07, 6.45) is 13.2. The van der Waals surface area contributed by atoms with Gasteiger partial charge in [0.25, 0.3) is 0 Å². The Morgan fingerprint density at radius 3 is 2.82 bits per heavy atom. The van der Waals surface area contributed by atoms with E-state index in [1.807, 2.05) is 0 Å². The van der Waals surface area contributed by atoms with Crippen LogP contribution in [0, 0.1) is 35.0 Å². The molecule has 6 aliphatic rings. The first-order chi connectivity index (χ1) is 16.3. The number of likely N-dealkylation sites (tertiary alicyclic amines) is 1. The molecule has 10 unspecified atom stereocenters. The van der Waals surface area contributed by atoms with Crippen LogP contribution >= 0.6 is 11.6 Å². The van der Waals surface area contributed by atoms with Crippen molar-refractivity contribution in [3.8, 4) is 0 Å². The number of halogens is 1. The van der Waals surface area contributed by atoms with E-state index in [-0.39, 0.29) is 11.7 Å². The van der Waals surface area contributed by atoms with Crippen LogP contribution in [-0.4, -0.2) is 52.8 Å². The van der Waals surface area contributed by atoms with Gasteiger partial charge >= 0.3 is 0 Å². The molecule has 34 heavy (non-hydrogen) atoms. The van der Waals surface area contributed by atoms with Gasteiger partial charge in [-0.1, -0.05) is 43.6 Å². The van der Waals surface area contributed by atoms with Gasteiger partial charge in [0, 0.05) is 30.9 Å². The zero-order chi connectivity index (χ0) is 23.8. The molecule has 190 valence electrons. The van der Waals surface area contributed by atoms with Gasteiger partial charge in [0.1, 0.15) is 0 Å². The van der Waals surface area contributed by atoms with E-state index in [1.54, 1.807) is 16.7 Å². The first-order valence-corrected chi connectivity index (χ1v) is 14.8. The van der Waals surface area contributed by atoms with Crippen LogP contribution < -0.4 is 0 Å². The average molecular weight is 488 g/mol. The van der Waals surface area contributed by atoms with Crippen molar-refractivity contribution < 1.29 is 9.84 Å². The predicted molar refractivity (Wildman–Crippen MR) is 139 cm³/mol. The summed E-state index contributed by atoms with van der Waals surface area (Å²) in [5.74, 6) is 4.33. The van der Waals surface area contributed by atoms with Gasteiger partial charge in [0.05, 0.1) is 17.8 Å². The molecule has 0 aromatic carbocycles. The highest BCUT2D eigenvalue weighted by Crippen LogP contribution is 2.64. The normalized spacial score (nSPS) is 50.9. The van der Waals surface area contributed by atoms with Gasteiger partial charge in [-0.2, -0.15) is 0 Å². The van der Waals surface area contributed by atoms with Crippen molar-refractivity contribution in [3.63, 3.8) is 0 Å². The van der Waals surface area contributed by atoms with Crippen molar-refractivity contribution >= 4 is 11.6 Å². The minimum atomic E-state index is -0.210. The first-order valence-electron chi connectivity index (χ1n) is 14.3. The number of piperidine rings is 1. The number of rotatable bonds is 2. The number of hydrogen-bond acceptors (Lipinski definition) is 3. The van der Waals surface area contributed by atoms with Gasteiger partial charge in [-0.15, -0.1) is 11.6 Å². The summed E-state index contributed by atoms with van der Waals surface area (Å²) in [6, 6.07) is 0.536. The molecule has 2 aliphatic heterocycles. The summed E-state index contributed by atoms with van der Waals surface area (Å²) >= 11 is 6.24. The number of allylic oxidation sites excluding steroid dienone is 2. The third kappa shape index (κ3) is 3.54. The zero-order valence-electron chi connectivity index (χ0n) is 21.9. The molecule has 2 saturated heterocycles. The highest BCUT2D eigenvalue weighted by Gasteiger charge is 2.59. The number of fused-ring (bicyclic) bond motifs is 6. The van der Waals surface area contributed by atoms with Gasteiger partial charge in [-0.25, -0.2) is 0 Å². The van der Waals surface area contributed by atoms with Gasteiger partial charge in [-0.3, -0.25) is 4.90 Å². The molecule has 2 saturated carbocycles. The summed E-state index contributed by atoms with van der Waals surface area (Å²) < 4.78 is 7.17. The van der Waals surface area contributed by atoms with E-state index in [0.717, 1.165) is 43.0 Å². The number of alkyl halides is 1. The lowest BCUT2D eigenvalue weighted by molar-refractivity contribution is -0.0790. The second-order valence-electron chi connectivity index (χ2n) is 13.4. The van der Waals surface area contributed by atoms with Crippen LogP contribution in [0.4, 0.5) is 0 Å². The summed E-state index contributed by atoms with van der Waals surface area (Å²) in [5.41, 5.74) is 5.36. The van der Waals surface area contributed by atoms with E-state index < -0.39 is 0 Å². The van der Waals surface area contributed by atoms with Crippen LogP contribution in [0.5, 0.6) is 0 Å². The van der Waals surface area contributed by atoms with Gasteiger partial charge in [0.15, 0.2) is 0 Å². The molecule has 0 amide bonds. The van der Waals surface area contributed by atoms with E-state index in [1.165, 1.54) is 51.5 Å². The lowest BCUT2D eigenvalue weighted by Gasteiger charge is -2.49. The SMILES string of the molecule is CC1=C2CC3C(CCC4=CC(O)CCC43C)C2CCC2(C1)OC1CC(C)CN(CCCl)C1C2C. The second-order valence-corrected chi connectivity index (χ2v) is 13.8. The van der Waals surface area contributed by atoms with E-state index in [2.05, 4.69) is 38.7 Å². The highest BCUT2D eigenvalue weighted by atomic mass is 35.5. The molecule has 4 aliphatic carbocycles. The summed E-state index contributed by atoms with van der Waals surface area (Å²) in [6.45, 7) is 12.0. The fourth-order valence-corrected chi connectivity index (χ4v) is 10.2. The summed E-state index contributed by atoms with van der Waals surface area (Å²) in [5, 5.41) is 10.3. The zero-order valence-corrected chi connectivity index (χ0v) is 22.6. The van der Waals surface area contributed by atoms with Crippen LogP contribution in [0.1, 0.15) is 85.5 Å². The van der Waals surface area contributed by atoms with Crippen molar-refractivity contribution in [2.75, 3.05) is 19.0 Å². The number of ether oxygens (including phenoxy) is 1. The predicted octanol–water partition coefficient (Wildman–Crippen LogP) is 6.34. The van der Waals surface area contributed by atoms with Crippen molar-refractivity contribution in [1.29, 1.82) is 0 Å². The van der Waals surface area contributed by atoms with Crippen LogP contribution in [0.3, 0.4) is 0 Å². The molecule has 0 aromatic rings. The molecule has 4 fully saturated rings. The molecule has 1 spiro atoms. The molecule has 4 heteroatoms. The number of nitrogens with zero attached hydrogens (tertiary/aromatic N) is 1. The first kappa shape index (κ1) is 24.0. The van der Waals surface area contributed by atoms with E-state index in [9.17, 15) is 5.11 Å². The van der Waals surface area contributed by atoms with Gasteiger partial charge in [-0.05, 0) is 93.8 Å². The Morgan fingerprint density at radius 2 is 2.03 bits per heavy atom. The number of aliphatic hydroxyl groups is 1. The number of hydrogen-bond donors (Lipinski definition) is 1. The Hall–Kier alpha value is -0.350. The lowest BCUT2D eigenvalue weighted by atomic mass is 9.56. The maximum Gasteiger partial charge on any atom is 0.0765 e. The summed E-state index contributed by atoms with van der Waals surface area (Å²) in [7, 11) is 0. The van der Waals surface area contributed by atoms with Gasteiger partial charge in [0.2, 0.25) is 0 Å². The molecule has 0 radical (unpaired) electrons.